The SMILES string of the molecule is Cc1ccc(Cl)cc1NC(=O)[C@@H](C)Sc1nnc(-c2cccs2)n1C1CC1. The Balaban J connectivity index is 1.52. The number of thiophene rings is 1. The molecule has 1 atom stereocenters. The number of hydrogen-bond acceptors (Lipinski definition) is 5. The van der Waals surface area contributed by atoms with Crippen LogP contribution in [-0.4, -0.2) is 25.9 Å². The molecule has 1 saturated carbocycles. The zero-order chi connectivity index (χ0) is 19.0. The molecule has 0 radical (unpaired) electrons. The molecular formula is C19H19ClN4OS2. The summed E-state index contributed by atoms with van der Waals surface area (Å²) in [5, 5.41) is 14.9. The molecule has 3 aromatic rings. The predicted molar refractivity (Wildman–Crippen MR) is 112 cm³/mol. The van der Waals surface area contributed by atoms with Gasteiger partial charge in [0.1, 0.15) is 0 Å². The van der Waals surface area contributed by atoms with Gasteiger partial charge in [-0.25, -0.2) is 0 Å². The first-order valence-corrected chi connectivity index (χ1v) is 10.9. The Morgan fingerprint density at radius 1 is 1.37 bits per heavy atom. The van der Waals surface area contributed by atoms with E-state index in [0.29, 0.717) is 11.1 Å². The Morgan fingerprint density at radius 3 is 2.89 bits per heavy atom. The molecular weight excluding hydrogens is 400 g/mol. The second kappa shape index (κ2) is 7.66. The van der Waals surface area contributed by atoms with E-state index in [1.165, 1.54) is 11.8 Å². The lowest BCUT2D eigenvalue weighted by atomic mass is 10.2. The average Bonchev–Trinajstić information content (AvgIpc) is 3.16. The van der Waals surface area contributed by atoms with E-state index in [-0.39, 0.29) is 11.2 Å². The number of benzene rings is 1. The van der Waals surface area contributed by atoms with Crippen LogP contribution in [0, 0.1) is 6.92 Å². The zero-order valence-corrected chi connectivity index (χ0v) is 17.4. The fourth-order valence-electron chi connectivity index (χ4n) is 2.77. The van der Waals surface area contributed by atoms with Crippen LogP contribution in [0.15, 0.2) is 40.9 Å². The molecule has 5 nitrogen and oxygen atoms in total. The molecule has 2 aromatic heterocycles. The molecule has 0 saturated heterocycles. The molecule has 140 valence electrons. The number of anilines is 1. The molecule has 2 heterocycles. The minimum Gasteiger partial charge on any atom is -0.325 e. The Labute approximate surface area is 171 Å². The fraction of sp³-hybridized carbons (Fsp3) is 0.316. The van der Waals surface area contributed by atoms with Crippen LogP contribution >= 0.6 is 34.7 Å². The highest BCUT2D eigenvalue weighted by atomic mass is 35.5. The van der Waals surface area contributed by atoms with Crippen LogP contribution in [0.1, 0.15) is 31.4 Å². The lowest BCUT2D eigenvalue weighted by Crippen LogP contribution is -2.23. The summed E-state index contributed by atoms with van der Waals surface area (Å²) in [5.74, 6) is 0.821. The number of nitrogens with zero attached hydrogens (tertiary/aromatic N) is 3. The summed E-state index contributed by atoms with van der Waals surface area (Å²) >= 11 is 9.14. The number of hydrogen-bond donors (Lipinski definition) is 1. The van der Waals surface area contributed by atoms with Crippen LogP contribution < -0.4 is 5.32 Å². The first kappa shape index (κ1) is 18.5. The molecule has 0 bridgehead atoms. The van der Waals surface area contributed by atoms with Gasteiger partial charge in [0.25, 0.3) is 0 Å². The quantitative estimate of drug-likeness (QED) is 0.543. The van der Waals surface area contributed by atoms with Gasteiger partial charge in [-0.1, -0.05) is 35.5 Å². The molecule has 0 aliphatic heterocycles. The van der Waals surface area contributed by atoms with Gasteiger partial charge < -0.3 is 5.32 Å². The molecule has 4 rings (SSSR count). The van der Waals surface area contributed by atoms with Crippen molar-refractivity contribution in [1.29, 1.82) is 0 Å². The normalized spacial score (nSPS) is 14.9. The summed E-state index contributed by atoms with van der Waals surface area (Å²) < 4.78 is 2.19. The number of thioether (sulfide) groups is 1. The van der Waals surface area contributed by atoms with Gasteiger partial charge in [-0.3, -0.25) is 9.36 Å². The fourth-order valence-corrected chi connectivity index (χ4v) is 4.56. The van der Waals surface area contributed by atoms with Gasteiger partial charge in [-0.2, -0.15) is 0 Å². The Bertz CT molecular complexity index is 966. The Morgan fingerprint density at radius 2 is 2.19 bits per heavy atom. The summed E-state index contributed by atoms with van der Waals surface area (Å²) in [6.07, 6.45) is 2.26. The molecule has 1 amide bonds. The lowest BCUT2D eigenvalue weighted by Gasteiger charge is -2.14. The van der Waals surface area contributed by atoms with E-state index < -0.39 is 0 Å². The maximum atomic E-state index is 12.7. The minimum absolute atomic E-state index is 0.0756. The van der Waals surface area contributed by atoms with Crippen LogP contribution in [0.2, 0.25) is 5.02 Å². The van der Waals surface area contributed by atoms with Gasteiger partial charge in [0.05, 0.1) is 10.1 Å². The standard InChI is InChI=1S/C19H19ClN4OS2/c1-11-5-6-13(20)10-15(11)21-18(25)12(2)27-19-23-22-17(16-4-3-9-26-16)24(19)14-7-8-14/h3-6,9-10,12,14H,7-8H2,1-2H3,(H,21,25)/t12-/m1/s1. The largest absolute Gasteiger partial charge is 0.325 e. The van der Waals surface area contributed by atoms with Gasteiger partial charge in [-0.05, 0) is 55.8 Å². The van der Waals surface area contributed by atoms with Crippen molar-refractivity contribution in [2.24, 2.45) is 0 Å². The van der Waals surface area contributed by atoms with E-state index >= 15 is 0 Å². The molecule has 1 fully saturated rings. The number of halogens is 1. The average molecular weight is 419 g/mol. The van der Waals surface area contributed by atoms with Crippen molar-refractivity contribution in [3.8, 4) is 10.7 Å². The maximum absolute atomic E-state index is 12.7. The third-order valence-electron chi connectivity index (χ3n) is 4.43. The molecule has 8 heteroatoms. The van der Waals surface area contributed by atoms with Crippen molar-refractivity contribution in [3.05, 3.63) is 46.3 Å². The molecule has 1 aliphatic carbocycles. The summed E-state index contributed by atoms with van der Waals surface area (Å²) in [6, 6.07) is 9.99. The van der Waals surface area contributed by atoms with Gasteiger partial charge in [0, 0.05) is 16.8 Å². The number of nitrogens with one attached hydrogen (secondary N) is 1. The Kier molecular flexibility index (Phi) is 5.25. The van der Waals surface area contributed by atoms with Gasteiger partial charge in [0.2, 0.25) is 5.91 Å². The predicted octanol–water partition coefficient (Wildman–Crippen LogP) is 5.42. The van der Waals surface area contributed by atoms with Crippen molar-refractivity contribution in [1.82, 2.24) is 14.8 Å². The molecule has 1 aromatic carbocycles. The second-order valence-electron chi connectivity index (χ2n) is 6.59. The van der Waals surface area contributed by atoms with E-state index in [2.05, 4.69) is 26.1 Å². The minimum atomic E-state index is -0.304. The molecule has 1 aliphatic rings. The number of carbonyl (C=O) groups is 1. The highest BCUT2D eigenvalue weighted by molar-refractivity contribution is 8.00. The molecule has 1 N–H and O–H groups in total. The first-order chi connectivity index (χ1) is 13.0. The van der Waals surface area contributed by atoms with Crippen molar-refractivity contribution in [3.63, 3.8) is 0 Å². The number of aromatic nitrogens is 3. The van der Waals surface area contributed by atoms with E-state index in [4.69, 9.17) is 11.6 Å². The number of amides is 1. The van der Waals surface area contributed by atoms with Crippen molar-refractivity contribution in [2.75, 3.05) is 5.32 Å². The van der Waals surface area contributed by atoms with Gasteiger partial charge in [-0.15, -0.1) is 21.5 Å². The van der Waals surface area contributed by atoms with E-state index in [1.54, 1.807) is 17.4 Å². The summed E-state index contributed by atoms with van der Waals surface area (Å²) in [5.41, 5.74) is 1.72. The molecule has 0 unspecified atom stereocenters. The van der Waals surface area contributed by atoms with Gasteiger partial charge in [0.15, 0.2) is 11.0 Å². The highest BCUT2D eigenvalue weighted by Crippen LogP contribution is 2.42. The summed E-state index contributed by atoms with van der Waals surface area (Å²) in [6.45, 7) is 3.83. The number of aryl methyl sites for hydroxylation is 1. The topological polar surface area (TPSA) is 59.8 Å². The number of rotatable bonds is 6. The third kappa shape index (κ3) is 4.05. The molecule has 0 spiro atoms. The lowest BCUT2D eigenvalue weighted by molar-refractivity contribution is -0.115. The Hall–Kier alpha value is -1.83. The van der Waals surface area contributed by atoms with E-state index in [9.17, 15) is 4.79 Å². The van der Waals surface area contributed by atoms with Crippen molar-refractivity contribution in [2.45, 2.75) is 43.1 Å². The van der Waals surface area contributed by atoms with E-state index in [1.807, 2.05) is 37.4 Å². The van der Waals surface area contributed by atoms with Crippen molar-refractivity contribution >= 4 is 46.3 Å². The highest BCUT2D eigenvalue weighted by Gasteiger charge is 2.31. The van der Waals surface area contributed by atoms with Crippen LogP contribution in [0.4, 0.5) is 5.69 Å². The monoisotopic (exact) mass is 418 g/mol. The van der Waals surface area contributed by atoms with Crippen LogP contribution in [0.5, 0.6) is 0 Å². The van der Waals surface area contributed by atoms with Gasteiger partial charge >= 0.3 is 0 Å². The summed E-state index contributed by atoms with van der Waals surface area (Å²) in [4.78, 5) is 13.8. The van der Waals surface area contributed by atoms with Crippen molar-refractivity contribution < 1.29 is 4.79 Å². The third-order valence-corrected chi connectivity index (χ3v) is 6.58. The van der Waals surface area contributed by atoms with E-state index in [0.717, 1.165) is 40.0 Å². The van der Waals surface area contributed by atoms with Crippen LogP contribution in [0.25, 0.3) is 10.7 Å². The van der Waals surface area contributed by atoms with Crippen LogP contribution in [0.3, 0.4) is 0 Å². The molecule has 27 heavy (non-hydrogen) atoms. The maximum Gasteiger partial charge on any atom is 0.237 e. The number of carbonyl (C=O) groups excluding carboxylic acids is 1. The second-order valence-corrected chi connectivity index (χ2v) is 9.29. The zero-order valence-electron chi connectivity index (χ0n) is 15.0. The van der Waals surface area contributed by atoms with Crippen LogP contribution in [-0.2, 0) is 4.79 Å². The smallest absolute Gasteiger partial charge is 0.237 e. The summed E-state index contributed by atoms with van der Waals surface area (Å²) in [7, 11) is 0. The first-order valence-electron chi connectivity index (χ1n) is 8.75.